The van der Waals surface area contributed by atoms with Crippen molar-refractivity contribution in [3.8, 4) is 0 Å². The van der Waals surface area contributed by atoms with E-state index >= 15 is 0 Å². The van der Waals surface area contributed by atoms with Crippen molar-refractivity contribution in [3.63, 3.8) is 0 Å². The molecular weight excluding hydrogens is 196 g/mol. The standard InChI is InChI=1S/C14H18N2/c1-14(2)12(13(14)15)10-4-5-11-9(8-10)6-7-16(11)3/h4-8,12-13H,15H2,1-3H3/t12-,13-/m0/s1. The van der Waals surface area contributed by atoms with Crippen LogP contribution in [0.2, 0.25) is 0 Å². The average molecular weight is 214 g/mol. The molecule has 0 radical (unpaired) electrons. The average Bonchev–Trinajstić information content (AvgIpc) is 2.57. The summed E-state index contributed by atoms with van der Waals surface area (Å²) in [4.78, 5) is 0. The maximum Gasteiger partial charge on any atom is 0.0477 e. The van der Waals surface area contributed by atoms with Crippen molar-refractivity contribution in [2.45, 2.75) is 25.8 Å². The first-order valence-corrected chi connectivity index (χ1v) is 5.82. The molecule has 1 aromatic heterocycles. The Hall–Kier alpha value is -1.28. The monoisotopic (exact) mass is 214 g/mol. The third kappa shape index (κ3) is 1.17. The van der Waals surface area contributed by atoms with Crippen LogP contribution in [0, 0.1) is 5.41 Å². The normalized spacial score (nSPS) is 27.2. The molecule has 2 nitrogen and oxygen atoms in total. The van der Waals surface area contributed by atoms with Gasteiger partial charge in [-0.1, -0.05) is 19.9 Å². The van der Waals surface area contributed by atoms with E-state index in [0.717, 1.165) is 0 Å². The molecule has 0 aliphatic heterocycles. The summed E-state index contributed by atoms with van der Waals surface area (Å²) in [5.41, 5.74) is 9.06. The Kier molecular flexibility index (Phi) is 1.79. The number of nitrogens with two attached hydrogens (primary N) is 1. The van der Waals surface area contributed by atoms with E-state index in [1.165, 1.54) is 16.5 Å². The van der Waals surface area contributed by atoms with Crippen LogP contribution >= 0.6 is 0 Å². The number of aryl methyl sites for hydroxylation is 1. The molecule has 1 heterocycles. The fourth-order valence-corrected chi connectivity index (χ4v) is 2.81. The summed E-state index contributed by atoms with van der Waals surface area (Å²) in [6.07, 6.45) is 2.10. The van der Waals surface area contributed by atoms with Crippen molar-refractivity contribution in [1.29, 1.82) is 0 Å². The summed E-state index contributed by atoms with van der Waals surface area (Å²) in [5.74, 6) is 0.525. The molecule has 2 aromatic rings. The molecule has 1 aromatic carbocycles. The topological polar surface area (TPSA) is 30.9 Å². The van der Waals surface area contributed by atoms with Gasteiger partial charge in [-0.05, 0) is 34.6 Å². The van der Waals surface area contributed by atoms with E-state index in [1.807, 2.05) is 0 Å². The number of hydrogen-bond acceptors (Lipinski definition) is 1. The number of fused-ring (bicyclic) bond motifs is 1. The lowest BCUT2D eigenvalue weighted by molar-refractivity contribution is 0.599. The maximum absolute atomic E-state index is 6.12. The van der Waals surface area contributed by atoms with Crippen molar-refractivity contribution in [2.24, 2.45) is 18.2 Å². The van der Waals surface area contributed by atoms with Gasteiger partial charge in [-0.3, -0.25) is 0 Å². The zero-order valence-corrected chi connectivity index (χ0v) is 10.1. The lowest BCUT2D eigenvalue weighted by Gasteiger charge is -2.04. The van der Waals surface area contributed by atoms with E-state index in [2.05, 4.69) is 55.9 Å². The van der Waals surface area contributed by atoms with Crippen molar-refractivity contribution in [2.75, 3.05) is 0 Å². The first-order chi connectivity index (χ1) is 7.51. The highest BCUT2D eigenvalue weighted by Gasteiger charge is 2.56. The first kappa shape index (κ1) is 9.91. The van der Waals surface area contributed by atoms with E-state index in [0.29, 0.717) is 12.0 Å². The van der Waals surface area contributed by atoms with Gasteiger partial charge in [0.1, 0.15) is 0 Å². The van der Waals surface area contributed by atoms with Gasteiger partial charge in [-0.2, -0.15) is 0 Å². The van der Waals surface area contributed by atoms with Crippen molar-refractivity contribution < 1.29 is 0 Å². The fourth-order valence-electron chi connectivity index (χ4n) is 2.81. The lowest BCUT2D eigenvalue weighted by Crippen LogP contribution is -2.06. The molecule has 2 atom stereocenters. The Morgan fingerprint density at radius 3 is 2.56 bits per heavy atom. The van der Waals surface area contributed by atoms with Gasteiger partial charge in [0.25, 0.3) is 0 Å². The van der Waals surface area contributed by atoms with Crippen LogP contribution in [0.5, 0.6) is 0 Å². The van der Waals surface area contributed by atoms with Crippen LogP contribution in [0.4, 0.5) is 0 Å². The molecule has 16 heavy (non-hydrogen) atoms. The van der Waals surface area contributed by atoms with E-state index in [1.54, 1.807) is 0 Å². The van der Waals surface area contributed by atoms with Gasteiger partial charge in [-0.15, -0.1) is 0 Å². The summed E-state index contributed by atoms with van der Waals surface area (Å²) in [7, 11) is 2.08. The van der Waals surface area contributed by atoms with Crippen LogP contribution in [0.25, 0.3) is 10.9 Å². The van der Waals surface area contributed by atoms with E-state index in [9.17, 15) is 0 Å². The minimum atomic E-state index is 0.266. The van der Waals surface area contributed by atoms with Gasteiger partial charge in [0.05, 0.1) is 0 Å². The zero-order valence-electron chi connectivity index (χ0n) is 10.1. The second kappa shape index (κ2) is 2.89. The first-order valence-electron chi connectivity index (χ1n) is 5.82. The van der Waals surface area contributed by atoms with Crippen LogP contribution in [-0.2, 0) is 7.05 Å². The Labute approximate surface area is 96.1 Å². The summed E-state index contributed by atoms with van der Waals surface area (Å²) < 4.78 is 2.15. The number of aromatic nitrogens is 1. The van der Waals surface area contributed by atoms with E-state index in [-0.39, 0.29) is 5.41 Å². The fraction of sp³-hybridized carbons (Fsp3) is 0.429. The predicted molar refractivity (Wildman–Crippen MR) is 67.4 cm³/mol. The minimum Gasteiger partial charge on any atom is -0.351 e. The number of rotatable bonds is 1. The van der Waals surface area contributed by atoms with Crippen molar-refractivity contribution in [3.05, 3.63) is 36.0 Å². The zero-order chi connectivity index (χ0) is 11.5. The molecular formula is C14H18N2. The summed E-state index contributed by atoms with van der Waals surface area (Å²) in [6.45, 7) is 4.50. The highest BCUT2D eigenvalue weighted by atomic mass is 14.9. The van der Waals surface area contributed by atoms with Gasteiger partial charge >= 0.3 is 0 Å². The molecule has 1 aliphatic rings. The van der Waals surface area contributed by atoms with Crippen molar-refractivity contribution in [1.82, 2.24) is 4.57 Å². The molecule has 2 heteroatoms. The Morgan fingerprint density at radius 2 is 1.94 bits per heavy atom. The third-order valence-corrected chi connectivity index (χ3v) is 4.18. The Bertz CT molecular complexity index is 551. The minimum absolute atomic E-state index is 0.266. The SMILES string of the molecule is Cn1ccc2cc([C@H]3[C@H](N)C3(C)C)ccc21. The molecule has 0 amide bonds. The molecule has 0 saturated heterocycles. The third-order valence-electron chi connectivity index (χ3n) is 4.18. The van der Waals surface area contributed by atoms with Gasteiger partial charge in [-0.25, -0.2) is 0 Å². The molecule has 0 unspecified atom stereocenters. The van der Waals surface area contributed by atoms with Crippen LogP contribution in [0.1, 0.15) is 25.3 Å². The smallest absolute Gasteiger partial charge is 0.0477 e. The Balaban J connectivity index is 2.07. The van der Waals surface area contributed by atoms with Crippen LogP contribution in [0.15, 0.2) is 30.5 Å². The van der Waals surface area contributed by atoms with Gasteiger partial charge in [0, 0.05) is 30.7 Å². The molecule has 3 rings (SSSR count). The van der Waals surface area contributed by atoms with Crippen molar-refractivity contribution >= 4 is 10.9 Å². The van der Waals surface area contributed by atoms with Gasteiger partial charge < -0.3 is 10.3 Å². The quantitative estimate of drug-likeness (QED) is 0.777. The molecule has 1 fully saturated rings. The van der Waals surface area contributed by atoms with Crippen LogP contribution < -0.4 is 5.73 Å². The molecule has 1 saturated carbocycles. The highest BCUT2D eigenvalue weighted by molar-refractivity contribution is 5.81. The number of hydrogen-bond donors (Lipinski definition) is 1. The molecule has 1 aliphatic carbocycles. The summed E-state index contributed by atoms with van der Waals surface area (Å²) in [6, 6.07) is 9.19. The van der Waals surface area contributed by atoms with E-state index < -0.39 is 0 Å². The summed E-state index contributed by atoms with van der Waals surface area (Å²) >= 11 is 0. The predicted octanol–water partition coefficient (Wildman–Crippen LogP) is 2.63. The second-order valence-corrected chi connectivity index (χ2v) is 5.57. The lowest BCUT2D eigenvalue weighted by atomic mass is 10.0. The van der Waals surface area contributed by atoms with Gasteiger partial charge in [0.2, 0.25) is 0 Å². The van der Waals surface area contributed by atoms with Gasteiger partial charge in [0.15, 0.2) is 0 Å². The molecule has 2 N–H and O–H groups in total. The molecule has 0 bridgehead atoms. The largest absolute Gasteiger partial charge is 0.351 e. The highest BCUT2D eigenvalue weighted by Crippen LogP contribution is 2.57. The van der Waals surface area contributed by atoms with E-state index in [4.69, 9.17) is 5.73 Å². The second-order valence-electron chi connectivity index (χ2n) is 5.57. The van der Waals surface area contributed by atoms with Crippen LogP contribution in [0.3, 0.4) is 0 Å². The Morgan fingerprint density at radius 1 is 1.25 bits per heavy atom. The summed E-state index contributed by atoms with van der Waals surface area (Å²) in [5, 5.41) is 1.31. The molecule has 84 valence electrons. The number of benzene rings is 1. The number of nitrogens with zero attached hydrogens (tertiary/aromatic N) is 1. The molecule has 0 spiro atoms. The van der Waals surface area contributed by atoms with Crippen LogP contribution in [-0.4, -0.2) is 10.6 Å². The maximum atomic E-state index is 6.12.